The summed E-state index contributed by atoms with van der Waals surface area (Å²) < 4.78 is 0. The van der Waals surface area contributed by atoms with Gasteiger partial charge in [-0.1, -0.05) is 44.2 Å². The van der Waals surface area contributed by atoms with Crippen LogP contribution in [-0.4, -0.2) is 66.2 Å². The highest BCUT2D eigenvalue weighted by Crippen LogP contribution is 2.31. The maximum absolute atomic E-state index is 9.54. The molecule has 0 saturated carbocycles. The lowest BCUT2D eigenvalue weighted by molar-refractivity contribution is 0.0371. The molecule has 2 N–H and O–H groups in total. The fourth-order valence-electron chi connectivity index (χ4n) is 4.48. The molecule has 2 aliphatic rings. The van der Waals surface area contributed by atoms with E-state index in [1.165, 1.54) is 31.4 Å². The van der Waals surface area contributed by atoms with Crippen LogP contribution < -0.4 is 5.32 Å². The highest BCUT2D eigenvalue weighted by Gasteiger charge is 2.36. The number of aliphatic hydroxyl groups excluding tert-OH is 1. The number of benzene rings is 1. The first kappa shape index (κ1) is 24.4. The van der Waals surface area contributed by atoms with Gasteiger partial charge in [-0.15, -0.1) is 24.0 Å². The van der Waals surface area contributed by atoms with Gasteiger partial charge in [-0.05, 0) is 44.2 Å². The lowest BCUT2D eigenvalue weighted by Gasteiger charge is -2.48. The molecular weight excluding hydrogens is 475 g/mol. The molecule has 0 spiro atoms. The number of hydrogen-bond acceptors (Lipinski definition) is 3. The molecular formula is C23H39IN4O. The van der Waals surface area contributed by atoms with Gasteiger partial charge in [-0.2, -0.15) is 0 Å². The predicted octanol–water partition coefficient (Wildman–Crippen LogP) is 3.57. The van der Waals surface area contributed by atoms with Crippen molar-refractivity contribution >= 4 is 29.9 Å². The van der Waals surface area contributed by atoms with Gasteiger partial charge < -0.3 is 15.3 Å². The summed E-state index contributed by atoms with van der Waals surface area (Å²) in [7, 11) is 0. The fraction of sp³-hybridized carbons (Fsp3) is 0.696. The summed E-state index contributed by atoms with van der Waals surface area (Å²) in [5, 5.41) is 13.0. The van der Waals surface area contributed by atoms with Gasteiger partial charge in [0.1, 0.15) is 0 Å². The summed E-state index contributed by atoms with van der Waals surface area (Å²) in [6.45, 7) is 12.4. The van der Waals surface area contributed by atoms with Crippen molar-refractivity contribution in [3.63, 3.8) is 0 Å². The molecule has 2 unspecified atom stereocenters. The van der Waals surface area contributed by atoms with E-state index in [2.05, 4.69) is 66.2 Å². The monoisotopic (exact) mass is 514 g/mol. The second-order valence-electron chi connectivity index (χ2n) is 9.15. The second-order valence-corrected chi connectivity index (χ2v) is 9.15. The molecule has 0 aliphatic carbocycles. The summed E-state index contributed by atoms with van der Waals surface area (Å²) in [5.74, 6) is 1.73. The topological polar surface area (TPSA) is 51.1 Å². The molecule has 29 heavy (non-hydrogen) atoms. The predicted molar refractivity (Wildman–Crippen MR) is 132 cm³/mol. The molecule has 2 heterocycles. The highest BCUT2D eigenvalue weighted by atomic mass is 127. The molecule has 2 aliphatic heterocycles. The minimum atomic E-state index is -0.170. The van der Waals surface area contributed by atoms with Gasteiger partial charge in [-0.25, -0.2) is 0 Å². The normalized spacial score (nSPS) is 23.3. The van der Waals surface area contributed by atoms with E-state index in [9.17, 15) is 5.11 Å². The molecule has 3 rings (SSSR count). The van der Waals surface area contributed by atoms with E-state index in [-0.39, 0.29) is 36.0 Å². The van der Waals surface area contributed by atoms with E-state index in [1.807, 2.05) is 0 Å². The third-order valence-electron chi connectivity index (χ3n) is 6.13. The Bertz CT molecular complexity index is 637. The van der Waals surface area contributed by atoms with Crippen molar-refractivity contribution in [2.45, 2.75) is 52.6 Å². The molecule has 1 aromatic carbocycles. The quantitative estimate of drug-likeness (QED) is 0.346. The van der Waals surface area contributed by atoms with Gasteiger partial charge in [0.2, 0.25) is 0 Å². The van der Waals surface area contributed by atoms with E-state index in [0.29, 0.717) is 18.5 Å². The van der Waals surface area contributed by atoms with Crippen molar-refractivity contribution in [2.75, 3.05) is 39.3 Å². The van der Waals surface area contributed by atoms with Crippen molar-refractivity contribution in [1.82, 2.24) is 15.1 Å². The van der Waals surface area contributed by atoms with Crippen LogP contribution in [0.15, 0.2) is 35.3 Å². The number of halogens is 1. The first-order valence-electron chi connectivity index (χ1n) is 10.9. The standard InChI is InChI=1S/C23H38N4O.HI/c1-4-24-22(25-17-23(2,3)18-28)27-14-12-21-20(16-27)11-8-13-26(21)15-19-9-6-5-7-10-19;/h5-7,9-10,20-21,28H,4,8,11-18H2,1-3H3,(H,24,25);1H. The number of aliphatic hydroxyl groups is 1. The Morgan fingerprint density at radius 3 is 2.66 bits per heavy atom. The second kappa shape index (κ2) is 11.5. The van der Waals surface area contributed by atoms with Gasteiger partial charge in [0.05, 0.1) is 6.54 Å². The summed E-state index contributed by atoms with van der Waals surface area (Å²) in [4.78, 5) is 10.0. The molecule has 0 radical (unpaired) electrons. The van der Waals surface area contributed by atoms with Crippen molar-refractivity contribution in [1.29, 1.82) is 0 Å². The fourth-order valence-corrected chi connectivity index (χ4v) is 4.48. The molecule has 6 heteroatoms. The first-order valence-corrected chi connectivity index (χ1v) is 10.9. The third kappa shape index (κ3) is 6.82. The molecule has 1 aromatic rings. The molecule has 2 saturated heterocycles. The minimum absolute atomic E-state index is 0. The largest absolute Gasteiger partial charge is 0.396 e. The van der Waals surface area contributed by atoms with Crippen LogP contribution in [0.25, 0.3) is 0 Å². The van der Waals surface area contributed by atoms with Crippen LogP contribution in [0, 0.1) is 11.3 Å². The Balaban J connectivity index is 0.00000300. The van der Waals surface area contributed by atoms with Gasteiger partial charge in [0.15, 0.2) is 5.96 Å². The summed E-state index contributed by atoms with van der Waals surface area (Å²) >= 11 is 0. The zero-order valence-corrected chi connectivity index (χ0v) is 20.6. The van der Waals surface area contributed by atoms with Crippen LogP contribution in [0.1, 0.15) is 45.6 Å². The number of likely N-dealkylation sites (tertiary alicyclic amines) is 2. The van der Waals surface area contributed by atoms with E-state index in [0.717, 1.165) is 32.1 Å². The van der Waals surface area contributed by atoms with E-state index in [4.69, 9.17) is 4.99 Å². The van der Waals surface area contributed by atoms with Crippen LogP contribution in [0.5, 0.6) is 0 Å². The van der Waals surface area contributed by atoms with E-state index < -0.39 is 0 Å². The first-order chi connectivity index (χ1) is 13.5. The zero-order chi connectivity index (χ0) is 20.0. The molecule has 0 aromatic heterocycles. The Hall–Kier alpha value is -0.860. The maximum atomic E-state index is 9.54. The number of nitrogens with one attached hydrogen (secondary N) is 1. The molecule has 164 valence electrons. The Morgan fingerprint density at radius 2 is 1.97 bits per heavy atom. The number of rotatable bonds is 6. The third-order valence-corrected chi connectivity index (χ3v) is 6.13. The van der Waals surface area contributed by atoms with Crippen LogP contribution in [0.2, 0.25) is 0 Å². The van der Waals surface area contributed by atoms with Gasteiger partial charge >= 0.3 is 0 Å². The van der Waals surface area contributed by atoms with Crippen molar-refractivity contribution in [2.24, 2.45) is 16.3 Å². The molecule has 0 bridgehead atoms. The number of aliphatic imine (C=N–C) groups is 1. The van der Waals surface area contributed by atoms with Crippen molar-refractivity contribution in [3.8, 4) is 0 Å². The van der Waals surface area contributed by atoms with Crippen LogP contribution >= 0.6 is 24.0 Å². The smallest absolute Gasteiger partial charge is 0.193 e. The van der Waals surface area contributed by atoms with Gasteiger partial charge in [0, 0.05) is 44.2 Å². The number of hydrogen-bond donors (Lipinski definition) is 2. The summed E-state index contributed by atoms with van der Waals surface area (Å²) in [6.07, 6.45) is 3.80. The lowest BCUT2D eigenvalue weighted by atomic mass is 9.83. The lowest BCUT2D eigenvalue weighted by Crippen LogP contribution is -2.56. The van der Waals surface area contributed by atoms with Gasteiger partial charge in [-0.3, -0.25) is 9.89 Å². The Kier molecular flexibility index (Phi) is 9.69. The van der Waals surface area contributed by atoms with Crippen LogP contribution in [0.3, 0.4) is 0 Å². The molecule has 0 amide bonds. The van der Waals surface area contributed by atoms with Crippen molar-refractivity contribution in [3.05, 3.63) is 35.9 Å². The Morgan fingerprint density at radius 1 is 1.21 bits per heavy atom. The van der Waals surface area contributed by atoms with Crippen molar-refractivity contribution < 1.29 is 5.11 Å². The van der Waals surface area contributed by atoms with E-state index in [1.54, 1.807) is 0 Å². The minimum Gasteiger partial charge on any atom is -0.396 e. The Labute approximate surface area is 194 Å². The summed E-state index contributed by atoms with van der Waals surface area (Å²) in [6, 6.07) is 11.6. The molecule has 2 atom stereocenters. The number of fused-ring (bicyclic) bond motifs is 1. The van der Waals surface area contributed by atoms with Crippen LogP contribution in [-0.2, 0) is 6.54 Å². The SMILES string of the molecule is CCNC(=NCC(C)(C)CO)N1CCC2C(CCCN2Cc2ccccc2)C1.I. The van der Waals surface area contributed by atoms with Gasteiger partial charge in [0.25, 0.3) is 0 Å². The molecule has 5 nitrogen and oxygen atoms in total. The van der Waals surface area contributed by atoms with E-state index >= 15 is 0 Å². The summed E-state index contributed by atoms with van der Waals surface area (Å²) in [5.41, 5.74) is 1.25. The highest BCUT2D eigenvalue weighted by molar-refractivity contribution is 14.0. The molecule has 2 fully saturated rings. The average Bonchev–Trinajstić information content (AvgIpc) is 2.72. The average molecular weight is 514 g/mol. The van der Waals surface area contributed by atoms with Crippen LogP contribution in [0.4, 0.5) is 0 Å². The number of guanidine groups is 1. The number of piperidine rings is 2. The number of nitrogens with zero attached hydrogens (tertiary/aromatic N) is 3. The maximum Gasteiger partial charge on any atom is 0.193 e. The zero-order valence-electron chi connectivity index (χ0n) is 18.3.